The molecule has 0 saturated heterocycles. The largest absolute Gasteiger partial charge is 0.422 e. The van der Waals surface area contributed by atoms with Gasteiger partial charge in [-0.05, 0) is 54.1 Å². The summed E-state index contributed by atoms with van der Waals surface area (Å²) in [6.07, 6.45) is 1.71. The molecule has 5 heteroatoms. The van der Waals surface area contributed by atoms with E-state index in [0.717, 1.165) is 16.3 Å². The molecule has 5 aromatic rings. The van der Waals surface area contributed by atoms with E-state index in [-0.39, 0.29) is 5.91 Å². The van der Waals surface area contributed by atoms with E-state index in [9.17, 15) is 9.59 Å². The fourth-order valence-corrected chi connectivity index (χ4v) is 3.50. The molecule has 2 heterocycles. The Morgan fingerprint density at radius 2 is 1.73 bits per heavy atom. The van der Waals surface area contributed by atoms with Gasteiger partial charge in [0, 0.05) is 22.5 Å². The molecule has 0 spiro atoms. The van der Waals surface area contributed by atoms with Crippen molar-refractivity contribution in [3.8, 4) is 11.1 Å². The van der Waals surface area contributed by atoms with Crippen molar-refractivity contribution in [1.29, 1.82) is 0 Å². The molecule has 1 N–H and O–H groups in total. The fraction of sp³-hybridized carbons (Fsp3) is 0. The molecule has 0 aliphatic heterocycles. The molecule has 2 aromatic heterocycles. The smallest absolute Gasteiger partial charge is 0.344 e. The van der Waals surface area contributed by atoms with Crippen molar-refractivity contribution in [2.45, 2.75) is 0 Å². The van der Waals surface area contributed by atoms with Gasteiger partial charge in [0.05, 0.1) is 16.8 Å². The van der Waals surface area contributed by atoms with Crippen LogP contribution in [0, 0.1) is 0 Å². The Hall–Kier alpha value is -4.25. The van der Waals surface area contributed by atoms with Gasteiger partial charge in [-0.1, -0.05) is 36.4 Å². The van der Waals surface area contributed by atoms with Gasteiger partial charge in [-0.25, -0.2) is 4.79 Å². The minimum Gasteiger partial charge on any atom is -0.422 e. The zero-order valence-electron chi connectivity index (χ0n) is 15.8. The Labute approximate surface area is 171 Å². The van der Waals surface area contributed by atoms with Crippen LogP contribution in [0.25, 0.3) is 33.0 Å². The van der Waals surface area contributed by atoms with Crippen LogP contribution in [0.3, 0.4) is 0 Å². The number of rotatable bonds is 3. The van der Waals surface area contributed by atoms with Crippen LogP contribution in [-0.4, -0.2) is 10.9 Å². The zero-order valence-corrected chi connectivity index (χ0v) is 15.8. The van der Waals surface area contributed by atoms with Gasteiger partial charge in [0.2, 0.25) is 0 Å². The summed E-state index contributed by atoms with van der Waals surface area (Å²) in [7, 11) is 0. The highest BCUT2D eigenvalue weighted by atomic mass is 16.4. The molecular formula is C25H16N2O3. The summed E-state index contributed by atoms with van der Waals surface area (Å²) in [5.41, 5.74) is 3.07. The van der Waals surface area contributed by atoms with Crippen LogP contribution < -0.4 is 10.9 Å². The van der Waals surface area contributed by atoms with Gasteiger partial charge in [0.25, 0.3) is 5.91 Å². The van der Waals surface area contributed by atoms with E-state index in [2.05, 4.69) is 10.3 Å². The lowest BCUT2D eigenvalue weighted by molar-refractivity contribution is 0.102. The Kier molecular flexibility index (Phi) is 4.33. The number of hydrogen-bond acceptors (Lipinski definition) is 4. The van der Waals surface area contributed by atoms with Crippen molar-refractivity contribution < 1.29 is 9.21 Å². The van der Waals surface area contributed by atoms with Crippen LogP contribution in [0.2, 0.25) is 0 Å². The van der Waals surface area contributed by atoms with Gasteiger partial charge >= 0.3 is 5.63 Å². The lowest BCUT2D eigenvalue weighted by Crippen LogP contribution is -2.12. The number of amides is 1. The van der Waals surface area contributed by atoms with E-state index in [1.165, 1.54) is 0 Å². The number of para-hydroxylation sites is 1. The van der Waals surface area contributed by atoms with Crippen LogP contribution in [-0.2, 0) is 0 Å². The number of carbonyl (C=O) groups is 1. The van der Waals surface area contributed by atoms with E-state index >= 15 is 0 Å². The number of fused-ring (bicyclic) bond motifs is 2. The normalized spacial score (nSPS) is 10.9. The third kappa shape index (κ3) is 3.22. The lowest BCUT2D eigenvalue weighted by Gasteiger charge is -2.09. The molecule has 0 atom stereocenters. The van der Waals surface area contributed by atoms with Crippen molar-refractivity contribution in [3.05, 3.63) is 107 Å². The Bertz CT molecular complexity index is 1470. The molecule has 0 aliphatic rings. The number of nitrogens with one attached hydrogen (secondary N) is 1. The van der Waals surface area contributed by atoms with Crippen LogP contribution in [0.5, 0.6) is 0 Å². The van der Waals surface area contributed by atoms with Gasteiger partial charge in [-0.2, -0.15) is 0 Å². The van der Waals surface area contributed by atoms with E-state index in [1.807, 2.05) is 48.5 Å². The molecule has 1 amide bonds. The molecular weight excluding hydrogens is 376 g/mol. The fourth-order valence-electron chi connectivity index (χ4n) is 3.50. The number of benzene rings is 3. The highest BCUT2D eigenvalue weighted by Gasteiger charge is 2.12. The first-order valence-electron chi connectivity index (χ1n) is 9.47. The highest BCUT2D eigenvalue weighted by molar-refractivity contribution is 6.09. The summed E-state index contributed by atoms with van der Waals surface area (Å²) in [6, 6.07) is 25.4. The molecule has 144 valence electrons. The van der Waals surface area contributed by atoms with E-state index in [1.54, 1.807) is 42.6 Å². The van der Waals surface area contributed by atoms with Crippen molar-refractivity contribution in [3.63, 3.8) is 0 Å². The summed E-state index contributed by atoms with van der Waals surface area (Å²) in [5.74, 6) is -0.265. The Morgan fingerprint density at radius 1 is 0.867 bits per heavy atom. The summed E-state index contributed by atoms with van der Waals surface area (Å²) in [5, 5.41) is 4.63. The number of nitrogens with zero attached hydrogens (tertiary/aromatic N) is 1. The predicted molar refractivity (Wildman–Crippen MR) is 118 cm³/mol. The first-order chi connectivity index (χ1) is 14.7. The first kappa shape index (κ1) is 17.8. The van der Waals surface area contributed by atoms with Crippen LogP contribution >= 0.6 is 0 Å². The van der Waals surface area contributed by atoms with Crippen LogP contribution in [0.15, 0.2) is 100 Å². The number of aromatic nitrogens is 1. The van der Waals surface area contributed by atoms with E-state index in [0.29, 0.717) is 28.0 Å². The molecule has 0 bridgehead atoms. The maximum atomic E-state index is 12.9. The molecule has 3 aromatic carbocycles. The first-order valence-corrected chi connectivity index (χ1v) is 9.47. The summed E-state index contributed by atoms with van der Waals surface area (Å²) < 4.78 is 5.43. The predicted octanol–water partition coefficient (Wildman–Crippen LogP) is 5.26. The number of pyridine rings is 1. The molecule has 0 unspecified atom stereocenters. The van der Waals surface area contributed by atoms with Crippen LogP contribution in [0.1, 0.15) is 10.4 Å². The number of hydrogen-bond donors (Lipinski definition) is 1. The molecule has 5 rings (SSSR count). The third-order valence-electron chi connectivity index (χ3n) is 4.97. The Balaban J connectivity index is 1.51. The molecule has 5 nitrogen and oxygen atoms in total. The van der Waals surface area contributed by atoms with Crippen LogP contribution in [0.4, 0.5) is 5.69 Å². The summed E-state index contributed by atoms with van der Waals surface area (Å²) in [6.45, 7) is 0. The molecule has 0 saturated carbocycles. The minimum absolute atomic E-state index is 0.265. The molecule has 0 aliphatic carbocycles. The van der Waals surface area contributed by atoms with Crippen molar-refractivity contribution in [2.24, 2.45) is 0 Å². The maximum absolute atomic E-state index is 12.9. The molecule has 30 heavy (non-hydrogen) atoms. The van der Waals surface area contributed by atoms with Crippen molar-refractivity contribution >= 4 is 33.5 Å². The monoisotopic (exact) mass is 392 g/mol. The van der Waals surface area contributed by atoms with Gasteiger partial charge in [0.1, 0.15) is 5.58 Å². The second-order valence-corrected chi connectivity index (χ2v) is 6.90. The zero-order chi connectivity index (χ0) is 20.5. The summed E-state index contributed by atoms with van der Waals surface area (Å²) >= 11 is 0. The van der Waals surface area contributed by atoms with Gasteiger partial charge in [0.15, 0.2) is 0 Å². The lowest BCUT2D eigenvalue weighted by atomic mass is 10.0. The van der Waals surface area contributed by atoms with Gasteiger partial charge in [-0.3, -0.25) is 9.78 Å². The average Bonchev–Trinajstić information content (AvgIpc) is 2.79. The SMILES string of the molecule is O=C(Nc1cccc2ncccc12)c1cccc(-c2cc3ccccc3oc2=O)c1. The van der Waals surface area contributed by atoms with Gasteiger partial charge in [-0.15, -0.1) is 0 Å². The summed E-state index contributed by atoms with van der Waals surface area (Å²) in [4.78, 5) is 29.7. The molecule has 0 fully saturated rings. The average molecular weight is 392 g/mol. The van der Waals surface area contributed by atoms with E-state index in [4.69, 9.17) is 4.42 Å². The molecule has 0 radical (unpaired) electrons. The van der Waals surface area contributed by atoms with Gasteiger partial charge < -0.3 is 9.73 Å². The van der Waals surface area contributed by atoms with E-state index < -0.39 is 5.63 Å². The maximum Gasteiger partial charge on any atom is 0.344 e. The minimum atomic E-state index is -0.439. The standard InChI is InChI=1S/C25H16N2O3/c28-24(27-22-11-4-10-21-19(22)9-5-13-26-21)18-8-3-7-16(14-18)20-15-17-6-1-2-12-23(17)30-25(20)29/h1-15H,(H,27,28). The second kappa shape index (κ2) is 7.29. The number of carbonyl (C=O) groups excluding carboxylic acids is 1. The third-order valence-corrected chi connectivity index (χ3v) is 4.97. The highest BCUT2D eigenvalue weighted by Crippen LogP contribution is 2.24. The van der Waals surface area contributed by atoms with Crippen molar-refractivity contribution in [2.75, 3.05) is 5.32 Å². The number of anilines is 1. The topological polar surface area (TPSA) is 72.2 Å². The second-order valence-electron chi connectivity index (χ2n) is 6.90. The quantitative estimate of drug-likeness (QED) is 0.425. The Morgan fingerprint density at radius 3 is 2.67 bits per heavy atom. The van der Waals surface area contributed by atoms with Crippen molar-refractivity contribution in [1.82, 2.24) is 4.98 Å².